The first-order valence-electron chi connectivity index (χ1n) is 7.57. The highest BCUT2D eigenvalue weighted by atomic mass is 35.5. The van der Waals surface area contributed by atoms with E-state index in [9.17, 15) is 0 Å². The van der Waals surface area contributed by atoms with E-state index in [0.717, 1.165) is 16.9 Å². The Hall–Kier alpha value is -0.530. The molecule has 0 saturated heterocycles. The summed E-state index contributed by atoms with van der Waals surface area (Å²) in [6.45, 7) is 6.96. The van der Waals surface area contributed by atoms with E-state index >= 15 is 0 Å². The fourth-order valence-corrected chi connectivity index (χ4v) is 3.28. The van der Waals surface area contributed by atoms with E-state index < -0.39 is 0 Å². The molecule has 1 aromatic carbocycles. The molecule has 1 aliphatic rings. The fraction of sp³-hybridized carbons (Fsp3) is 0.647. The van der Waals surface area contributed by atoms with E-state index in [0.29, 0.717) is 12.1 Å². The van der Waals surface area contributed by atoms with Gasteiger partial charge in [-0.3, -0.25) is 0 Å². The topological polar surface area (TPSA) is 12.0 Å². The lowest BCUT2D eigenvalue weighted by atomic mass is 9.79. The second-order valence-electron chi connectivity index (χ2n) is 6.30. The van der Waals surface area contributed by atoms with E-state index in [1.165, 1.54) is 31.2 Å². The summed E-state index contributed by atoms with van der Waals surface area (Å²) in [5.41, 5.74) is 1.33. The molecule has 0 amide bonds. The Labute approximate surface area is 122 Å². The van der Waals surface area contributed by atoms with Gasteiger partial charge in [-0.15, -0.1) is 0 Å². The van der Waals surface area contributed by atoms with Gasteiger partial charge < -0.3 is 5.32 Å². The van der Waals surface area contributed by atoms with Crippen molar-refractivity contribution in [3.05, 3.63) is 34.9 Å². The van der Waals surface area contributed by atoms with Crippen molar-refractivity contribution in [1.82, 2.24) is 5.32 Å². The number of rotatable bonds is 4. The summed E-state index contributed by atoms with van der Waals surface area (Å²) in [7, 11) is 0. The lowest BCUT2D eigenvalue weighted by Gasteiger charge is -2.33. The van der Waals surface area contributed by atoms with Crippen molar-refractivity contribution in [1.29, 1.82) is 0 Å². The third-order valence-corrected chi connectivity index (χ3v) is 4.82. The van der Waals surface area contributed by atoms with Gasteiger partial charge in [-0.05, 0) is 62.1 Å². The molecule has 1 saturated carbocycles. The van der Waals surface area contributed by atoms with Crippen LogP contribution in [-0.2, 0) is 0 Å². The van der Waals surface area contributed by atoms with Crippen LogP contribution >= 0.6 is 11.6 Å². The van der Waals surface area contributed by atoms with Crippen LogP contribution in [0.3, 0.4) is 0 Å². The number of hydrogen-bond acceptors (Lipinski definition) is 1. The Bertz CT molecular complexity index is 377. The summed E-state index contributed by atoms with van der Waals surface area (Å²) in [6.07, 6.45) is 5.40. The summed E-state index contributed by atoms with van der Waals surface area (Å²) in [4.78, 5) is 0. The van der Waals surface area contributed by atoms with Crippen LogP contribution < -0.4 is 5.32 Å². The maximum atomic E-state index is 5.93. The molecule has 0 bridgehead atoms. The van der Waals surface area contributed by atoms with Crippen molar-refractivity contribution in [2.45, 2.75) is 58.5 Å². The third-order valence-electron chi connectivity index (χ3n) is 4.57. The van der Waals surface area contributed by atoms with Gasteiger partial charge in [0.05, 0.1) is 0 Å². The zero-order valence-electron chi connectivity index (χ0n) is 12.3. The van der Waals surface area contributed by atoms with Crippen LogP contribution in [0.2, 0.25) is 5.02 Å². The molecule has 2 heteroatoms. The molecule has 0 unspecified atom stereocenters. The van der Waals surface area contributed by atoms with Crippen LogP contribution in [0.4, 0.5) is 0 Å². The van der Waals surface area contributed by atoms with Crippen LogP contribution in [0.5, 0.6) is 0 Å². The predicted molar refractivity (Wildman–Crippen MR) is 83.6 cm³/mol. The van der Waals surface area contributed by atoms with Gasteiger partial charge in [0.25, 0.3) is 0 Å². The Morgan fingerprint density at radius 2 is 1.58 bits per heavy atom. The zero-order valence-corrected chi connectivity index (χ0v) is 13.1. The van der Waals surface area contributed by atoms with Gasteiger partial charge in [0.2, 0.25) is 0 Å². The largest absolute Gasteiger partial charge is 0.307 e. The van der Waals surface area contributed by atoms with Crippen LogP contribution in [-0.4, -0.2) is 6.04 Å². The molecular formula is C17H26ClN. The molecular weight excluding hydrogens is 254 g/mol. The van der Waals surface area contributed by atoms with Gasteiger partial charge in [0.15, 0.2) is 0 Å². The first kappa shape index (κ1) is 14.9. The summed E-state index contributed by atoms with van der Waals surface area (Å²) < 4.78 is 0. The SMILES string of the molecule is CC(C)C1CCC(N[C@@H](C)c2ccc(Cl)cc2)CC1. The lowest BCUT2D eigenvalue weighted by molar-refractivity contribution is 0.231. The third kappa shape index (κ3) is 4.22. The zero-order chi connectivity index (χ0) is 13.8. The van der Waals surface area contributed by atoms with Crippen molar-refractivity contribution in [3.63, 3.8) is 0 Å². The molecule has 0 spiro atoms. The summed E-state index contributed by atoms with van der Waals surface area (Å²) in [5, 5.41) is 4.58. The molecule has 1 nitrogen and oxygen atoms in total. The maximum absolute atomic E-state index is 5.93. The van der Waals surface area contributed by atoms with Gasteiger partial charge in [-0.25, -0.2) is 0 Å². The highest BCUT2D eigenvalue weighted by Gasteiger charge is 2.24. The minimum absolute atomic E-state index is 0.415. The number of nitrogens with one attached hydrogen (secondary N) is 1. The molecule has 19 heavy (non-hydrogen) atoms. The molecule has 1 N–H and O–H groups in total. The molecule has 106 valence electrons. The van der Waals surface area contributed by atoms with Crippen LogP contribution in [0, 0.1) is 11.8 Å². The maximum Gasteiger partial charge on any atom is 0.0406 e. The average molecular weight is 280 g/mol. The molecule has 1 aliphatic carbocycles. The average Bonchev–Trinajstić information content (AvgIpc) is 2.40. The minimum atomic E-state index is 0.415. The molecule has 0 radical (unpaired) electrons. The monoisotopic (exact) mass is 279 g/mol. The van der Waals surface area contributed by atoms with Crippen molar-refractivity contribution in [3.8, 4) is 0 Å². The molecule has 0 aliphatic heterocycles. The molecule has 1 fully saturated rings. The smallest absolute Gasteiger partial charge is 0.0406 e. The Morgan fingerprint density at radius 3 is 2.11 bits per heavy atom. The second kappa shape index (κ2) is 6.76. The van der Waals surface area contributed by atoms with Crippen LogP contribution in [0.25, 0.3) is 0 Å². The minimum Gasteiger partial charge on any atom is -0.307 e. The molecule has 1 aromatic rings. The van der Waals surface area contributed by atoms with Crippen LogP contribution in [0.1, 0.15) is 58.1 Å². The Balaban J connectivity index is 1.83. The highest BCUT2D eigenvalue weighted by molar-refractivity contribution is 6.30. The van der Waals surface area contributed by atoms with E-state index in [-0.39, 0.29) is 0 Å². The first-order chi connectivity index (χ1) is 9.06. The second-order valence-corrected chi connectivity index (χ2v) is 6.73. The molecule has 0 aromatic heterocycles. The van der Waals surface area contributed by atoms with Gasteiger partial charge in [-0.2, -0.15) is 0 Å². The van der Waals surface area contributed by atoms with E-state index in [1.807, 2.05) is 12.1 Å². The lowest BCUT2D eigenvalue weighted by Crippen LogP contribution is -2.35. The Morgan fingerprint density at radius 1 is 1.00 bits per heavy atom. The Kier molecular flexibility index (Phi) is 5.29. The van der Waals surface area contributed by atoms with E-state index in [4.69, 9.17) is 11.6 Å². The number of halogens is 1. The van der Waals surface area contributed by atoms with Gasteiger partial charge in [0.1, 0.15) is 0 Å². The first-order valence-corrected chi connectivity index (χ1v) is 7.95. The molecule has 1 atom stereocenters. The fourth-order valence-electron chi connectivity index (χ4n) is 3.15. The van der Waals surface area contributed by atoms with Crippen molar-refractivity contribution >= 4 is 11.6 Å². The highest BCUT2D eigenvalue weighted by Crippen LogP contribution is 2.31. The van der Waals surface area contributed by atoms with Crippen molar-refractivity contribution in [2.75, 3.05) is 0 Å². The number of benzene rings is 1. The summed E-state index contributed by atoms with van der Waals surface area (Å²) in [5.74, 6) is 1.78. The normalized spacial score (nSPS) is 25.5. The standard InChI is InChI=1S/C17H26ClN/c1-12(2)14-6-10-17(11-7-14)19-13(3)15-4-8-16(18)9-5-15/h4-5,8-9,12-14,17,19H,6-7,10-11H2,1-3H3/t13-,14?,17?/m0/s1. The predicted octanol–water partition coefficient (Wildman–Crippen LogP) is 5.21. The summed E-state index contributed by atoms with van der Waals surface area (Å²) >= 11 is 5.93. The molecule has 2 rings (SSSR count). The van der Waals surface area contributed by atoms with E-state index in [2.05, 4.69) is 38.2 Å². The van der Waals surface area contributed by atoms with Crippen molar-refractivity contribution < 1.29 is 0 Å². The van der Waals surface area contributed by atoms with Gasteiger partial charge >= 0.3 is 0 Å². The van der Waals surface area contributed by atoms with Crippen LogP contribution in [0.15, 0.2) is 24.3 Å². The molecule has 0 heterocycles. The van der Waals surface area contributed by atoms with Gasteiger partial charge in [-0.1, -0.05) is 37.6 Å². The quantitative estimate of drug-likeness (QED) is 0.798. The summed E-state index contributed by atoms with van der Waals surface area (Å²) in [6, 6.07) is 9.30. The number of hydrogen-bond donors (Lipinski definition) is 1. The van der Waals surface area contributed by atoms with Gasteiger partial charge in [0, 0.05) is 17.1 Å². The van der Waals surface area contributed by atoms with Crippen molar-refractivity contribution in [2.24, 2.45) is 11.8 Å². The van der Waals surface area contributed by atoms with E-state index in [1.54, 1.807) is 0 Å².